The molecule has 3 amide bonds. The topological polar surface area (TPSA) is 70.1 Å². The molecular formula is C18H34N2O4Si. The highest BCUT2D eigenvalue weighted by atomic mass is 28.3. The maximum atomic E-state index is 12.8. The van der Waals surface area contributed by atoms with Crippen molar-refractivity contribution in [2.45, 2.75) is 76.9 Å². The molecule has 0 spiro atoms. The zero-order valence-corrected chi connectivity index (χ0v) is 17.4. The van der Waals surface area contributed by atoms with Gasteiger partial charge in [-0.2, -0.15) is 0 Å². The molecule has 6 nitrogen and oxygen atoms in total. The molecule has 0 radical (unpaired) electrons. The van der Waals surface area contributed by atoms with Gasteiger partial charge in [0, 0.05) is 21.2 Å². The first kappa shape index (κ1) is 20.4. The van der Waals surface area contributed by atoms with Gasteiger partial charge in [0.1, 0.15) is 12.3 Å². The fraction of sp³-hybridized carbons (Fsp3) is 0.889. The van der Waals surface area contributed by atoms with E-state index in [1.807, 2.05) is 13.8 Å². The van der Waals surface area contributed by atoms with Crippen LogP contribution >= 0.6 is 0 Å². The molecule has 25 heavy (non-hydrogen) atoms. The molecule has 1 aliphatic carbocycles. The number of ether oxygens (including phenoxy) is 1. The van der Waals surface area contributed by atoms with E-state index in [4.69, 9.17) is 4.74 Å². The largest absolute Gasteiger partial charge is 0.393 e. The van der Waals surface area contributed by atoms with Crippen LogP contribution in [0.2, 0.25) is 25.7 Å². The van der Waals surface area contributed by atoms with Gasteiger partial charge >= 0.3 is 6.03 Å². The SMILES string of the molecule is CC1(C)C(=O)N(COCC[Si](C)(C)C)C(=O)N1CC1CCC(O)CC1. The van der Waals surface area contributed by atoms with Crippen molar-refractivity contribution >= 4 is 20.0 Å². The van der Waals surface area contributed by atoms with Gasteiger partial charge < -0.3 is 14.7 Å². The lowest BCUT2D eigenvalue weighted by atomic mass is 9.86. The standard InChI is InChI=1S/C18H34N2O4Si/c1-18(2)16(22)19(13-24-10-11-25(3,4)5)17(23)20(18)12-14-6-8-15(21)9-7-14/h14-15,21H,6-13H2,1-5H3. The zero-order valence-electron chi connectivity index (χ0n) is 16.4. The van der Waals surface area contributed by atoms with E-state index in [1.165, 1.54) is 4.90 Å². The van der Waals surface area contributed by atoms with Gasteiger partial charge in [0.05, 0.1) is 6.10 Å². The Bertz CT molecular complexity index is 496. The molecule has 0 aromatic rings. The second-order valence-electron chi connectivity index (χ2n) is 9.21. The number of hydrogen-bond donors (Lipinski definition) is 1. The quantitative estimate of drug-likeness (QED) is 0.425. The summed E-state index contributed by atoms with van der Waals surface area (Å²) < 4.78 is 5.64. The molecule has 0 bridgehead atoms. The van der Waals surface area contributed by atoms with E-state index in [2.05, 4.69) is 19.6 Å². The number of nitrogens with zero attached hydrogens (tertiary/aromatic N) is 2. The number of rotatable bonds is 7. The maximum absolute atomic E-state index is 12.8. The van der Waals surface area contributed by atoms with Gasteiger partial charge in [-0.1, -0.05) is 19.6 Å². The van der Waals surface area contributed by atoms with E-state index in [-0.39, 0.29) is 24.8 Å². The Morgan fingerprint density at radius 3 is 2.32 bits per heavy atom. The number of carbonyl (C=O) groups excluding carboxylic acids is 2. The van der Waals surface area contributed by atoms with Gasteiger partial charge in [0.2, 0.25) is 0 Å². The third-order valence-electron chi connectivity index (χ3n) is 5.38. The van der Waals surface area contributed by atoms with Gasteiger partial charge in [0.25, 0.3) is 5.91 Å². The Balaban J connectivity index is 1.93. The van der Waals surface area contributed by atoms with Crippen LogP contribution in [0, 0.1) is 5.92 Å². The number of urea groups is 1. The molecule has 0 atom stereocenters. The summed E-state index contributed by atoms with van der Waals surface area (Å²) in [5.41, 5.74) is -0.824. The van der Waals surface area contributed by atoms with Crippen LogP contribution in [0.5, 0.6) is 0 Å². The molecule has 7 heteroatoms. The minimum absolute atomic E-state index is 0.0471. The van der Waals surface area contributed by atoms with E-state index < -0.39 is 13.6 Å². The minimum Gasteiger partial charge on any atom is -0.393 e. The van der Waals surface area contributed by atoms with E-state index in [9.17, 15) is 14.7 Å². The molecule has 2 aliphatic rings. The molecule has 2 rings (SSSR count). The van der Waals surface area contributed by atoms with Crippen molar-refractivity contribution in [1.29, 1.82) is 0 Å². The van der Waals surface area contributed by atoms with Crippen LogP contribution in [0.4, 0.5) is 4.79 Å². The highest BCUT2D eigenvalue weighted by Gasteiger charge is 2.51. The molecule has 1 heterocycles. The van der Waals surface area contributed by atoms with Crippen molar-refractivity contribution < 1.29 is 19.4 Å². The Morgan fingerprint density at radius 2 is 1.76 bits per heavy atom. The van der Waals surface area contributed by atoms with Crippen LogP contribution in [0.1, 0.15) is 39.5 Å². The molecule has 2 fully saturated rings. The summed E-state index contributed by atoms with van der Waals surface area (Å²) in [5, 5.41) is 9.65. The van der Waals surface area contributed by atoms with E-state index in [0.717, 1.165) is 31.7 Å². The predicted molar refractivity (Wildman–Crippen MR) is 100.0 cm³/mol. The number of aliphatic hydroxyl groups is 1. The van der Waals surface area contributed by atoms with Gasteiger partial charge in [0.15, 0.2) is 0 Å². The molecule has 1 N–H and O–H groups in total. The Labute approximate surface area is 152 Å². The third-order valence-corrected chi connectivity index (χ3v) is 7.08. The molecule has 1 aliphatic heterocycles. The molecule has 144 valence electrons. The van der Waals surface area contributed by atoms with Crippen LogP contribution in [-0.2, 0) is 9.53 Å². The lowest BCUT2D eigenvalue weighted by Crippen LogP contribution is -2.46. The Morgan fingerprint density at radius 1 is 1.16 bits per heavy atom. The fourth-order valence-corrected chi connectivity index (χ4v) is 4.21. The van der Waals surface area contributed by atoms with Crippen molar-refractivity contribution in [3.63, 3.8) is 0 Å². The Kier molecular flexibility index (Phi) is 6.33. The van der Waals surface area contributed by atoms with Crippen LogP contribution in [-0.4, -0.2) is 66.4 Å². The summed E-state index contributed by atoms with van der Waals surface area (Å²) in [6.45, 7) is 11.7. The van der Waals surface area contributed by atoms with Crippen LogP contribution in [0.3, 0.4) is 0 Å². The third kappa shape index (κ3) is 5.05. The second-order valence-corrected chi connectivity index (χ2v) is 14.8. The maximum Gasteiger partial charge on any atom is 0.329 e. The highest BCUT2D eigenvalue weighted by molar-refractivity contribution is 6.76. The number of amides is 3. The Hall–Kier alpha value is -0.923. The van der Waals surface area contributed by atoms with Gasteiger partial charge in [-0.15, -0.1) is 0 Å². The number of aliphatic hydroxyl groups excluding tert-OH is 1. The van der Waals surface area contributed by atoms with Crippen LogP contribution < -0.4 is 0 Å². The van der Waals surface area contributed by atoms with E-state index in [0.29, 0.717) is 19.1 Å². The molecule has 0 aromatic carbocycles. The summed E-state index contributed by atoms with van der Waals surface area (Å²) in [4.78, 5) is 28.4. The second kappa shape index (κ2) is 7.76. The highest BCUT2D eigenvalue weighted by Crippen LogP contribution is 2.32. The lowest BCUT2D eigenvalue weighted by Gasteiger charge is -2.34. The molecule has 1 saturated heterocycles. The summed E-state index contributed by atoms with van der Waals surface area (Å²) in [6.07, 6.45) is 3.16. The summed E-state index contributed by atoms with van der Waals surface area (Å²) in [5.74, 6) is 0.175. The number of imide groups is 1. The number of carbonyl (C=O) groups is 2. The van der Waals surface area contributed by atoms with Gasteiger partial charge in [-0.3, -0.25) is 4.79 Å². The van der Waals surface area contributed by atoms with Crippen molar-refractivity contribution in [2.75, 3.05) is 19.9 Å². The normalized spacial score (nSPS) is 27.3. The monoisotopic (exact) mass is 370 g/mol. The lowest BCUT2D eigenvalue weighted by molar-refractivity contribution is -0.135. The van der Waals surface area contributed by atoms with Gasteiger partial charge in [-0.25, -0.2) is 9.69 Å². The molecular weight excluding hydrogens is 336 g/mol. The summed E-state index contributed by atoms with van der Waals surface area (Å²) in [6, 6.07) is 0.773. The smallest absolute Gasteiger partial charge is 0.329 e. The molecule has 0 aromatic heterocycles. The van der Waals surface area contributed by atoms with Crippen molar-refractivity contribution in [3.8, 4) is 0 Å². The van der Waals surface area contributed by atoms with Crippen LogP contribution in [0.15, 0.2) is 0 Å². The first-order valence-corrected chi connectivity index (χ1v) is 13.1. The number of hydrogen-bond acceptors (Lipinski definition) is 4. The molecule has 1 saturated carbocycles. The van der Waals surface area contributed by atoms with E-state index in [1.54, 1.807) is 4.90 Å². The van der Waals surface area contributed by atoms with Crippen LogP contribution in [0.25, 0.3) is 0 Å². The fourth-order valence-electron chi connectivity index (χ4n) is 3.46. The summed E-state index contributed by atoms with van der Waals surface area (Å²) >= 11 is 0. The first-order chi connectivity index (χ1) is 11.5. The van der Waals surface area contributed by atoms with E-state index >= 15 is 0 Å². The van der Waals surface area contributed by atoms with Crippen molar-refractivity contribution in [2.24, 2.45) is 5.92 Å². The first-order valence-electron chi connectivity index (χ1n) is 9.42. The van der Waals surface area contributed by atoms with Crippen molar-refractivity contribution in [3.05, 3.63) is 0 Å². The zero-order chi connectivity index (χ0) is 18.8. The van der Waals surface area contributed by atoms with Crippen molar-refractivity contribution in [1.82, 2.24) is 9.80 Å². The molecule has 0 unspecified atom stereocenters. The average molecular weight is 371 g/mol. The minimum atomic E-state index is -1.19. The average Bonchev–Trinajstić information content (AvgIpc) is 2.66. The predicted octanol–water partition coefficient (Wildman–Crippen LogP) is 2.89. The van der Waals surface area contributed by atoms with Gasteiger partial charge in [-0.05, 0) is 51.5 Å². The summed E-state index contributed by atoms with van der Waals surface area (Å²) in [7, 11) is -1.19.